The molecule has 7 nitrogen and oxygen atoms in total. The van der Waals surface area contributed by atoms with E-state index in [4.69, 9.17) is 19.2 Å². The normalized spacial score (nSPS) is 14.8. The van der Waals surface area contributed by atoms with Crippen LogP contribution < -0.4 is 24.4 Å². The van der Waals surface area contributed by atoms with Gasteiger partial charge in [0.1, 0.15) is 0 Å². The van der Waals surface area contributed by atoms with Crippen LogP contribution in [0.25, 0.3) is 11.8 Å². The van der Waals surface area contributed by atoms with Gasteiger partial charge in [-0.25, -0.2) is 9.79 Å². The fourth-order valence-electron chi connectivity index (χ4n) is 4.74. The molecule has 2 heterocycles. The van der Waals surface area contributed by atoms with E-state index in [1.54, 1.807) is 30.4 Å². The smallest absolute Gasteiger partial charge is 0.338 e. The summed E-state index contributed by atoms with van der Waals surface area (Å²) in [5, 5.41) is 0. The lowest BCUT2D eigenvalue weighted by molar-refractivity contribution is -0.138. The Kier molecular flexibility index (Phi) is 8.75. The molecule has 0 spiro atoms. The lowest BCUT2D eigenvalue weighted by atomic mass is 9.93. The molecule has 1 aliphatic rings. The first-order chi connectivity index (χ1) is 20.0. The third kappa shape index (κ3) is 5.73. The molecular formula is C32H30N2O5S2. The van der Waals surface area contributed by atoms with Crippen molar-refractivity contribution in [2.24, 2.45) is 4.99 Å². The number of carbonyl (C=O) groups is 1. The van der Waals surface area contributed by atoms with Crippen LogP contribution >= 0.6 is 23.1 Å². The summed E-state index contributed by atoms with van der Waals surface area (Å²) in [6.07, 6.45) is 3.82. The summed E-state index contributed by atoms with van der Waals surface area (Å²) in [6.45, 7) is 4.35. The maximum absolute atomic E-state index is 14.1. The molecule has 0 bridgehead atoms. The van der Waals surface area contributed by atoms with Gasteiger partial charge in [-0.2, -0.15) is 0 Å². The van der Waals surface area contributed by atoms with Gasteiger partial charge in [0.25, 0.3) is 5.56 Å². The highest BCUT2D eigenvalue weighted by atomic mass is 32.2. The van der Waals surface area contributed by atoms with Crippen molar-refractivity contribution in [3.8, 4) is 11.5 Å². The van der Waals surface area contributed by atoms with Crippen LogP contribution in [-0.2, 0) is 9.53 Å². The molecule has 1 aliphatic heterocycles. The maximum Gasteiger partial charge on any atom is 0.338 e. The second kappa shape index (κ2) is 12.6. The van der Waals surface area contributed by atoms with Crippen LogP contribution in [0.1, 0.15) is 36.6 Å². The van der Waals surface area contributed by atoms with Gasteiger partial charge in [-0.15, -0.1) is 11.8 Å². The molecule has 0 saturated heterocycles. The number of aromatic nitrogens is 1. The third-order valence-corrected chi connectivity index (χ3v) is 8.32. The van der Waals surface area contributed by atoms with Gasteiger partial charge in [0.2, 0.25) is 0 Å². The summed E-state index contributed by atoms with van der Waals surface area (Å²) < 4.78 is 18.8. The quantitative estimate of drug-likeness (QED) is 0.201. The Balaban J connectivity index is 1.77. The molecule has 0 radical (unpaired) electrons. The number of thioether (sulfide) groups is 1. The zero-order chi connectivity index (χ0) is 28.9. The minimum absolute atomic E-state index is 0.201. The Hall–Kier alpha value is -4.08. The van der Waals surface area contributed by atoms with Crippen LogP contribution in [0.3, 0.4) is 0 Å². The number of nitrogens with zero attached hydrogens (tertiary/aromatic N) is 2. The molecule has 0 amide bonds. The van der Waals surface area contributed by atoms with E-state index in [9.17, 15) is 9.59 Å². The molecular weight excluding hydrogens is 556 g/mol. The van der Waals surface area contributed by atoms with Crippen LogP contribution in [0.2, 0.25) is 0 Å². The molecule has 1 atom stereocenters. The topological polar surface area (TPSA) is 79.1 Å². The number of hydrogen-bond acceptors (Lipinski definition) is 8. The first kappa shape index (κ1) is 28.4. The first-order valence-corrected chi connectivity index (χ1v) is 15.3. The molecule has 5 rings (SSSR count). The summed E-state index contributed by atoms with van der Waals surface area (Å²) in [5.74, 6) is 0.713. The van der Waals surface area contributed by atoms with E-state index in [1.165, 1.54) is 11.3 Å². The molecule has 210 valence electrons. The molecule has 0 N–H and O–H groups in total. The average molecular weight is 587 g/mol. The number of carbonyl (C=O) groups excluding carboxylic acids is 1. The maximum atomic E-state index is 14.1. The lowest BCUT2D eigenvalue weighted by Gasteiger charge is -2.26. The van der Waals surface area contributed by atoms with Gasteiger partial charge in [-0.1, -0.05) is 59.9 Å². The number of hydrogen-bond donors (Lipinski definition) is 0. The average Bonchev–Trinajstić information content (AvgIpc) is 3.31. The largest absolute Gasteiger partial charge is 0.493 e. The summed E-state index contributed by atoms with van der Waals surface area (Å²) in [5.41, 5.74) is 2.94. The minimum atomic E-state index is -0.714. The Morgan fingerprint density at radius 3 is 2.44 bits per heavy atom. The second-order valence-corrected chi connectivity index (χ2v) is 10.9. The number of esters is 1. The first-order valence-electron chi connectivity index (χ1n) is 13.2. The Labute approximate surface area is 246 Å². The van der Waals surface area contributed by atoms with Crippen LogP contribution in [0.15, 0.2) is 93.1 Å². The monoisotopic (exact) mass is 586 g/mol. The number of rotatable bonds is 9. The molecule has 1 aromatic heterocycles. The van der Waals surface area contributed by atoms with E-state index < -0.39 is 12.0 Å². The van der Waals surface area contributed by atoms with Gasteiger partial charge < -0.3 is 14.2 Å². The van der Waals surface area contributed by atoms with Gasteiger partial charge in [-0.05, 0) is 61.6 Å². The molecule has 41 heavy (non-hydrogen) atoms. The van der Waals surface area contributed by atoms with Crippen molar-refractivity contribution in [1.82, 2.24) is 4.57 Å². The predicted octanol–water partition coefficient (Wildman–Crippen LogP) is 5.06. The van der Waals surface area contributed by atoms with Gasteiger partial charge in [-0.3, -0.25) is 9.36 Å². The summed E-state index contributed by atoms with van der Waals surface area (Å²) in [6, 6.07) is 22.3. The van der Waals surface area contributed by atoms with Crippen molar-refractivity contribution in [2.45, 2.75) is 24.8 Å². The van der Waals surface area contributed by atoms with E-state index in [1.807, 2.05) is 92.1 Å². The van der Waals surface area contributed by atoms with E-state index in [-0.39, 0.29) is 12.2 Å². The van der Waals surface area contributed by atoms with Crippen molar-refractivity contribution < 1.29 is 19.0 Å². The highest BCUT2D eigenvalue weighted by molar-refractivity contribution is 7.98. The fraction of sp³-hybridized carbons (Fsp3) is 0.219. The molecule has 9 heteroatoms. The summed E-state index contributed by atoms with van der Waals surface area (Å²) in [7, 11) is 1.59. The van der Waals surface area contributed by atoms with Crippen LogP contribution in [0.5, 0.6) is 11.5 Å². The fourth-order valence-corrected chi connectivity index (χ4v) is 6.15. The molecule has 0 aliphatic carbocycles. The molecule has 4 aromatic rings. The van der Waals surface area contributed by atoms with Crippen molar-refractivity contribution in [1.29, 1.82) is 0 Å². The lowest BCUT2D eigenvalue weighted by Crippen LogP contribution is -2.40. The van der Waals surface area contributed by atoms with Crippen LogP contribution in [0, 0.1) is 0 Å². The standard InChI is InChI=1S/C32H30N2O5S2/c1-5-38-25-18-20(12-17-24(25)37-3)19-26-30(35)34-29(22-13-15-23(40-4)16-14-22)27(31(36)39-6-2)28(33-32(34)41-26)21-10-8-7-9-11-21/h7-19,29H,5-6H2,1-4H3/b26-19-/t29-/m0/s1. The van der Waals surface area contributed by atoms with E-state index in [0.717, 1.165) is 21.6 Å². The van der Waals surface area contributed by atoms with E-state index in [0.29, 0.717) is 38.7 Å². The van der Waals surface area contributed by atoms with Gasteiger partial charge in [0, 0.05) is 10.5 Å². The highest BCUT2D eigenvalue weighted by Gasteiger charge is 2.35. The summed E-state index contributed by atoms with van der Waals surface area (Å²) in [4.78, 5) is 34.1. The second-order valence-electron chi connectivity index (χ2n) is 9.05. The Morgan fingerprint density at radius 2 is 1.78 bits per heavy atom. The SMILES string of the molecule is CCOC(=O)C1=C(c2ccccc2)N=c2s/c(=C\c3ccc(OC)c(OCC)c3)c(=O)n2[C@H]1c1ccc(SC)cc1. The van der Waals surface area contributed by atoms with Gasteiger partial charge >= 0.3 is 5.97 Å². The molecule has 0 fully saturated rings. The van der Waals surface area contributed by atoms with Crippen LogP contribution in [-0.4, -0.2) is 37.1 Å². The summed E-state index contributed by atoms with van der Waals surface area (Å²) >= 11 is 2.91. The third-order valence-electron chi connectivity index (χ3n) is 6.59. The highest BCUT2D eigenvalue weighted by Crippen LogP contribution is 2.36. The number of fused-ring (bicyclic) bond motifs is 1. The van der Waals surface area contributed by atoms with Gasteiger partial charge in [0.15, 0.2) is 16.3 Å². The van der Waals surface area contributed by atoms with E-state index >= 15 is 0 Å². The number of thiazole rings is 1. The molecule has 0 saturated carbocycles. The number of benzene rings is 3. The van der Waals surface area contributed by atoms with Crippen molar-refractivity contribution in [3.05, 3.63) is 115 Å². The van der Waals surface area contributed by atoms with Gasteiger partial charge in [0.05, 0.1) is 42.2 Å². The van der Waals surface area contributed by atoms with Crippen LogP contribution in [0.4, 0.5) is 0 Å². The minimum Gasteiger partial charge on any atom is -0.493 e. The zero-order valence-electron chi connectivity index (χ0n) is 23.2. The Bertz CT molecular complexity index is 1770. The molecule has 3 aromatic carbocycles. The predicted molar refractivity (Wildman–Crippen MR) is 163 cm³/mol. The number of ether oxygens (including phenoxy) is 3. The zero-order valence-corrected chi connectivity index (χ0v) is 24.9. The van der Waals surface area contributed by atoms with Crippen molar-refractivity contribution in [3.63, 3.8) is 0 Å². The van der Waals surface area contributed by atoms with Crippen molar-refractivity contribution >= 4 is 40.8 Å². The Morgan fingerprint density at radius 1 is 1.02 bits per heavy atom. The molecule has 0 unspecified atom stereocenters. The number of methoxy groups -OCH3 is 1. The van der Waals surface area contributed by atoms with E-state index in [2.05, 4.69) is 0 Å². The van der Waals surface area contributed by atoms with Crippen molar-refractivity contribution in [2.75, 3.05) is 26.6 Å².